The molecule has 0 saturated carbocycles. The number of halogens is 2. The van der Waals surface area contributed by atoms with Crippen LogP contribution in [0.5, 0.6) is 0 Å². The molecular weight excluding hydrogens is 305 g/mol. The Labute approximate surface area is 125 Å². The minimum absolute atomic E-state index is 0.680. The number of thiophene rings is 1. The van der Waals surface area contributed by atoms with Gasteiger partial charge in [0.05, 0.1) is 11.4 Å². The summed E-state index contributed by atoms with van der Waals surface area (Å²) in [5.74, 6) is 0.680. The van der Waals surface area contributed by atoms with Gasteiger partial charge in [-0.05, 0) is 24.6 Å². The second kappa shape index (κ2) is 5.33. The molecule has 1 aromatic carbocycles. The molecule has 2 aromatic rings. The van der Waals surface area contributed by atoms with Crippen LogP contribution in [0.2, 0.25) is 5.02 Å². The fourth-order valence-electron chi connectivity index (χ4n) is 2.05. The van der Waals surface area contributed by atoms with Crippen molar-refractivity contribution in [1.29, 1.82) is 0 Å². The van der Waals surface area contributed by atoms with Crippen LogP contribution in [0.1, 0.15) is 6.42 Å². The number of nitrogens with zero attached hydrogens (tertiary/aromatic N) is 1. The molecule has 0 bridgehead atoms. The summed E-state index contributed by atoms with van der Waals surface area (Å²) in [6, 6.07) is 6.08. The topological polar surface area (TPSA) is 3.24 Å². The molecule has 0 N–H and O–H groups in total. The quantitative estimate of drug-likeness (QED) is 0.675. The van der Waals surface area contributed by atoms with Gasteiger partial charge in [-0.3, -0.25) is 0 Å². The van der Waals surface area contributed by atoms with Gasteiger partial charge in [0.15, 0.2) is 0 Å². The predicted molar refractivity (Wildman–Crippen MR) is 82.2 cm³/mol. The van der Waals surface area contributed by atoms with Gasteiger partial charge in [0.2, 0.25) is 0 Å². The number of fused-ring (bicyclic) bond motifs is 2. The van der Waals surface area contributed by atoms with Crippen LogP contribution in [0.15, 0.2) is 38.8 Å². The number of rotatable bonds is 3. The van der Waals surface area contributed by atoms with E-state index in [0.29, 0.717) is 5.88 Å². The van der Waals surface area contributed by atoms with Crippen LogP contribution in [0.4, 0.5) is 11.4 Å². The third-order valence-electron chi connectivity index (χ3n) is 2.85. The molecule has 1 aliphatic heterocycles. The lowest BCUT2D eigenvalue weighted by Crippen LogP contribution is -2.21. The van der Waals surface area contributed by atoms with E-state index in [1.165, 1.54) is 21.2 Å². The van der Waals surface area contributed by atoms with E-state index >= 15 is 0 Å². The van der Waals surface area contributed by atoms with Gasteiger partial charge in [-0.1, -0.05) is 23.4 Å². The van der Waals surface area contributed by atoms with Crippen molar-refractivity contribution < 1.29 is 0 Å². The summed E-state index contributed by atoms with van der Waals surface area (Å²) >= 11 is 15.5. The first-order chi connectivity index (χ1) is 8.79. The van der Waals surface area contributed by atoms with Gasteiger partial charge >= 0.3 is 0 Å². The molecule has 1 aliphatic rings. The third-order valence-corrected chi connectivity index (χ3v) is 5.34. The molecular formula is C13H11Cl2NS2. The van der Waals surface area contributed by atoms with E-state index in [-0.39, 0.29) is 0 Å². The maximum atomic E-state index is 6.12. The van der Waals surface area contributed by atoms with E-state index in [1.54, 1.807) is 11.3 Å². The molecule has 0 atom stereocenters. The van der Waals surface area contributed by atoms with Gasteiger partial charge in [0.25, 0.3) is 0 Å². The second-order valence-electron chi connectivity index (χ2n) is 4.03. The first kappa shape index (κ1) is 12.7. The fourth-order valence-corrected chi connectivity index (χ4v) is 4.38. The van der Waals surface area contributed by atoms with Crippen LogP contribution in [0.25, 0.3) is 0 Å². The lowest BCUT2D eigenvalue weighted by atomic mass is 10.2. The van der Waals surface area contributed by atoms with Crippen molar-refractivity contribution in [2.45, 2.75) is 16.2 Å². The summed E-state index contributed by atoms with van der Waals surface area (Å²) in [6.45, 7) is 0.932. The maximum Gasteiger partial charge on any atom is 0.0661 e. The Morgan fingerprint density at radius 2 is 2.00 bits per heavy atom. The summed E-state index contributed by atoms with van der Waals surface area (Å²) in [7, 11) is 0. The summed E-state index contributed by atoms with van der Waals surface area (Å²) in [6.07, 6.45) is 0.966. The molecule has 1 aromatic heterocycles. The number of hydrogen-bond acceptors (Lipinski definition) is 3. The van der Waals surface area contributed by atoms with Crippen molar-refractivity contribution in [3.8, 4) is 0 Å². The van der Waals surface area contributed by atoms with Crippen molar-refractivity contribution in [1.82, 2.24) is 0 Å². The zero-order chi connectivity index (χ0) is 12.5. The van der Waals surface area contributed by atoms with E-state index in [2.05, 4.69) is 21.7 Å². The molecule has 0 radical (unpaired) electrons. The minimum Gasteiger partial charge on any atom is -0.339 e. The molecule has 1 nitrogen and oxygen atoms in total. The monoisotopic (exact) mass is 315 g/mol. The van der Waals surface area contributed by atoms with E-state index in [1.807, 2.05) is 23.9 Å². The predicted octanol–water partition coefficient (Wildman–Crippen LogP) is 5.63. The van der Waals surface area contributed by atoms with Gasteiger partial charge in [0, 0.05) is 38.0 Å². The molecule has 0 aliphatic carbocycles. The van der Waals surface area contributed by atoms with Crippen LogP contribution in [0, 0.1) is 0 Å². The molecule has 18 heavy (non-hydrogen) atoms. The smallest absolute Gasteiger partial charge is 0.0661 e. The van der Waals surface area contributed by atoms with E-state index < -0.39 is 0 Å². The van der Waals surface area contributed by atoms with Crippen molar-refractivity contribution in [2.24, 2.45) is 0 Å². The van der Waals surface area contributed by atoms with E-state index in [0.717, 1.165) is 18.0 Å². The molecule has 0 fully saturated rings. The van der Waals surface area contributed by atoms with Crippen LogP contribution >= 0.6 is 46.3 Å². The number of anilines is 2. The Kier molecular flexibility index (Phi) is 3.76. The van der Waals surface area contributed by atoms with Crippen LogP contribution in [-0.4, -0.2) is 12.4 Å². The summed E-state index contributed by atoms with van der Waals surface area (Å²) in [5.41, 5.74) is 2.48. The highest BCUT2D eigenvalue weighted by atomic mass is 35.5. The highest BCUT2D eigenvalue weighted by molar-refractivity contribution is 7.99. The highest BCUT2D eigenvalue weighted by Gasteiger charge is 2.23. The molecule has 5 heteroatoms. The van der Waals surface area contributed by atoms with E-state index in [9.17, 15) is 0 Å². The molecule has 94 valence electrons. The van der Waals surface area contributed by atoms with Gasteiger partial charge in [-0.25, -0.2) is 0 Å². The molecule has 0 amide bonds. The van der Waals surface area contributed by atoms with Crippen molar-refractivity contribution >= 4 is 57.7 Å². The van der Waals surface area contributed by atoms with Crippen molar-refractivity contribution in [3.05, 3.63) is 34.0 Å². The molecule has 0 unspecified atom stereocenters. The SMILES string of the molecule is ClCCCN1c2cscc2Sc2ccc(Cl)cc21. The second-order valence-corrected chi connectivity index (χ2v) is 6.67. The average Bonchev–Trinajstić information content (AvgIpc) is 2.82. The molecule has 0 spiro atoms. The standard InChI is InChI=1S/C13H11Cl2NS2/c14-4-1-5-16-10-6-9(15)2-3-12(10)18-13-8-17-7-11(13)16/h2-3,6-8H,1,4-5H2. The molecule has 0 saturated heterocycles. The lowest BCUT2D eigenvalue weighted by molar-refractivity contribution is 0.874. The Bertz CT molecular complexity index is 568. The van der Waals surface area contributed by atoms with Crippen LogP contribution in [-0.2, 0) is 0 Å². The first-order valence-corrected chi connectivity index (χ1v) is 8.34. The zero-order valence-corrected chi connectivity index (χ0v) is 12.7. The molecule has 2 heterocycles. The number of hydrogen-bond donors (Lipinski definition) is 0. The summed E-state index contributed by atoms with van der Waals surface area (Å²) < 4.78 is 0. The number of alkyl halides is 1. The summed E-state index contributed by atoms with van der Waals surface area (Å²) in [4.78, 5) is 4.91. The van der Waals surface area contributed by atoms with Crippen LogP contribution in [0.3, 0.4) is 0 Å². The highest BCUT2D eigenvalue weighted by Crippen LogP contribution is 2.50. The third kappa shape index (κ3) is 2.25. The van der Waals surface area contributed by atoms with Gasteiger partial charge in [0.1, 0.15) is 0 Å². The normalized spacial score (nSPS) is 13.3. The lowest BCUT2D eigenvalue weighted by Gasteiger charge is -2.31. The molecule has 3 rings (SSSR count). The van der Waals surface area contributed by atoms with E-state index in [4.69, 9.17) is 23.2 Å². The van der Waals surface area contributed by atoms with Crippen LogP contribution < -0.4 is 4.90 Å². The Morgan fingerprint density at radius 3 is 2.83 bits per heavy atom. The van der Waals surface area contributed by atoms with Gasteiger partial charge < -0.3 is 4.90 Å². The Hall–Kier alpha value is -0.350. The largest absolute Gasteiger partial charge is 0.339 e. The Morgan fingerprint density at radius 1 is 1.11 bits per heavy atom. The number of benzene rings is 1. The minimum atomic E-state index is 0.680. The first-order valence-electron chi connectivity index (χ1n) is 5.66. The van der Waals surface area contributed by atoms with Crippen molar-refractivity contribution in [3.63, 3.8) is 0 Å². The zero-order valence-electron chi connectivity index (χ0n) is 9.53. The van der Waals surface area contributed by atoms with Gasteiger partial charge in [-0.15, -0.1) is 22.9 Å². The summed E-state index contributed by atoms with van der Waals surface area (Å²) in [5, 5.41) is 5.18. The Balaban J connectivity index is 2.05. The maximum absolute atomic E-state index is 6.12. The fraction of sp³-hybridized carbons (Fsp3) is 0.231. The van der Waals surface area contributed by atoms with Gasteiger partial charge in [-0.2, -0.15) is 0 Å². The van der Waals surface area contributed by atoms with Crippen molar-refractivity contribution in [2.75, 3.05) is 17.3 Å². The average molecular weight is 316 g/mol.